The quantitative estimate of drug-likeness (QED) is 0.128. The Morgan fingerprint density at radius 2 is 1.02 bits per heavy atom. The van der Waals surface area contributed by atoms with Gasteiger partial charge in [-0.1, -0.05) is 65.5 Å². The lowest BCUT2D eigenvalue weighted by Gasteiger charge is -2.20. The average molecular weight is 611 g/mol. The lowest BCUT2D eigenvalue weighted by molar-refractivity contribution is -0.128. The summed E-state index contributed by atoms with van der Waals surface area (Å²) in [6.45, 7) is 8.03. The largest absolute Gasteiger partial charge is 0.507 e. The first-order chi connectivity index (χ1) is 21.1. The number of hydrogen-bond donors (Lipinski definition) is 6. The first-order valence-electron chi connectivity index (χ1n) is 16.0. The number of aryl methyl sites for hydroxylation is 2. The van der Waals surface area contributed by atoms with Crippen molar-refractivity contribution in [3.05, 3.63) is 58.7 Å². The molecule has 0 saturated carbocycles. The molecular formula is C34H50N4O6. The van der Waals surface area contributed by atoms with Crippen LogP contribution in [0, 0.1) is 11.8 Å². The van der Waals surface area contributed by atoms with Crippen molar-refractivity contribution < 1.29 is 29.4 Å². The van der Waals surface area contributed by atoms with Gasteiger partial charge in [0.2, 0.25) is 11.8 Å². The van der Waals surface area contributed by atoms with Gasteiger partial charge in [-0.25, -0.2) is 0 Å². The van der Waals surface area contributed by atoms with Crippen LogP contribution in [0.3, 0.4) is 0 Å². The molecule has 0 aliphatic carbocycles. The molecule has 0 saturated heterocycles. The fourth-order valence-corrected chi connectivity index (χ4v) is 4.96. The first kappa shape index (κ1) is 36.1. The molecule has 10 heteroatoms. The molecule has 2 rings (SSSR count). The second-order valence-corrected chi connectivity index (χ2v) is 11.3. The third-order valence-electron chi connectivity index (χ3n) is 7.85. The molecule has 242 valence electrons. The summed E-state index contributed by atoms with van der Waals surface area (Å²) in [7, 11) is 0. The second-order valence-electron chi connectivity index (χ2n) is 11.3. The van der Waals surface area contributed by atoms with E-state index in [2.05, 4.69) is 35.6 Å². The number of rotatable bonds is 17. The molecule has 2 unspecified atom stereocenters. The highest BCUT2D eigenvalue weighted by atomic mass is 16.3. The molecule has 0 aliphatic rings. The van der Waals surface area contributed by atoms with Crippen LogP contribution in [0.4, 0.5) is 0 Å². The number of nitrogens with one attached hydrogen (secondary N) is 4. The first-order valence-corrected chi connectivity index (χ1v) is 16.0. The summed E-state index contributed by atoms with van der Waals surface area (Å²) >= 11 is 0. The lowest BCUT2D eigenvalue weighted by Crippen LogP contribution is -2.45. The molecule has 0 radical (unpaired) electrons. The minimum Gasteiger partial charge on any atom is -0.507 e. The van der Waals surface area contributed by atoms with Crippen LogP contribution in [0.2, 0.25) is 0 Å². The normalized spacial score (nSPS) is 12.2. The minimum absolute atomic E-state index is 0.0892. The zero-order valence-electron chi connectivity index (χ0n) is 26.6. The molecule has 4 amide bonds. The summed E-state index contributed by atoms with van der Waals surface area (Å²) in [6, 6.07) is 9.78. The molecule has 0 aromatic heterocycles. The zero-order chi connectivity index (χ0) is 32.5. The van der Waals surface area contributed by atoms with Gasteiger partial charge in [-0.3, -0.25) is 40.9 Å². The van der Waals surface area contributed by atoms with E-state index in [1.165, 1.54) is 12.1 Å². The number of benzene rings is 2. The summed E-state index contributed by atoms with van der Waals surface area (Å²) in [5.74, 6) is -3.20. The van der Waals surface area contributed by atoms with Crippen LogP contribution in [0.15, 0.2) is 36.4 Å². The maximum Gasteiger partial charge on any atom is 0.273 e. The fraction of sp³-hybridized carbons (Fsp3) is 0.529. The minimum atomic E-state index is -0.609. The summed E-state index contributed by atoms with van der Waals surface area (Å²) in [4.78, 5) is 51.5. The van der Waals surface area contributed by atoms with Gasteiger partial charge in [0.15, 0.2) is 0 Å². The van der Waals surface area contributed by atoms with Gasteiger partial charge in [0, 0.05) is 11.8 Å². The third kappa shape index (κ3) is 11.5. The monoisotopic (exact) mass is 610 g/mol. The smallest absolute Gasteiger partial charge is 0.273 e. The Bertz CT molecular complexity index is 1250. The van der Waals surface area contributed by atoms with Crippen LogP contribution in [-0.4, -0.2) is 33.8 Å². The summed E-state index contributed by atoms with van der Waals surface area (Å²) in [6.07, 6.45) is 9.05. The van der Waals surface area contributed by atoms with E-state index in [1.807, 2.05) is 13.8 Å². The molecule has 0 fully saturated rings. The van der Waals surface area contributed by atoms with E-state index >= 15 is 0 Å². The SMILES string of the molecule is CCCCc1ccc(O)c(C(=O)NNC(=O)C(CC)CCC(CCCC)C(=O)NNC(=O)c2cc(CCCC)ccc2O)c1. The Labute approximate surface area is 261 Å². The highest BCUT2D eigenvalue weighted by molar-refractivity contribution is 5.98. The Morgan fingerprint density at radius 1 is 0.591 bits per heavy atom. The Hall–Kier alpha value is -4.08. The van der Waals surface area contributed by atoms with Crippen LogP contribution in [0.5, 0.6) is 11.5 Å². The van der Waals surface area contributed by atoms with E-state index < -0.39 is 23.7 Å². The van der Waals surface area contributed by atoms with Crippen LogP contribution >= 0.6 is 0 Å². The zero-order valence-corrected chi connectivity index (χ0v) is 26.6. The van der Waals surface area contributed by atoms with Gasteiger partial charge >= 0.3 is 0 Å². The molecule has 0 aliphatic heterocycles. The number of phenolic OH excluding ortho intramolecular Hbond substituents is 2. The average Bonchev–Trinajstić information content (AvgIpc) is 3.03. The maximum atomic E-state index is 13.1. The third-order valence-corrected chi connectivity index (χ3v) is 7.85. The van der Waals surface area contributed by atoms with Crippen LogP contribution in [0.1, 0.15) is 124 Å². The van der Waals surface area contributed by atoms with Gasteiger partial charge < -0.3 is 10.2 Å². The Balaban J connectivity index is 1.96. The van der Waals surface area contributed by atoms with Gasteiger partial charge in [-0.2, -0.15) is 0 Å². The summed E-state index contributed by atoms with van der Waals surface area (Å²) < 4.78 is 0. The number of hydrogen-bond acceptors (Lipinski definition) is 6. The number of unbranched alkanes of at least 4 members (excludes halogenated alkanes) is 3. The van der Waals surface area contributed by atoms with Crippen LogP contribution in [-0.2, 0) is 22.4 Å². The van der Waals surface area contributed by atoms with Crippen LogP contribution in [0.25, 0.3) is 0 Å². The van der Waals surface area contributed by atoms with Gasteiger partial charge in [0.1, 0.15) is 11.5 Å². The topological polar surface area (TPSA) is 157 Å². The number of amides is 4. The van der Waals surface area contributed by atoms with Crippen molar-refractivity contribution in [1.29, 1.82) is 0 Å². The molecule has 6 N–H and O–H groups in total. The standard InChI is InChI=1S/C34H50N4O6/c1-5-9-12-23-15-19-29(39)27(21-23)33(43)37-35-31(41)25(8-4)17-18-26(14-11-7-3)32(42)36-38-34(44)28-22-24(13-10-6-2)16-20-30(28)40/h15-16,19-22,25-26,39-40H,5-14,17-18H2,1-4H3,(H,35,41)(H,36,42)(H,37,43)(H,38,44). The van der Waals surface area contributed by atoms with E-state index in [9.17, 15) is 29.4 Å². The fourth-order valence-electron chi connectivity index (χ4n) is 4.96. The highest BCUT2D eigenvalue weighted by Gasteiger charge is 2.24. The number of carbonyl (C=O) groups is 4. The van der Waals surface area contributed by atoms with Crippen molar-refractivity contribution in [1.82, 2.24) is 21.7 Å². The highest BCUT2D eigenvalue weighted by Crippen LogP contribution is 2.23. The molecule has 2 aromatic rings. The Kier molecular flexibility index (Phi) is 15.8. The molecule has 0 spiro atoms. The second kappa shape index (κ2) is 19.2. The van der Waals surface area contributed by atoms with Gasteiger partial charge in [-0.05, 0) is 86.8 Å². The van der Waals surface area contributed by atoms with Gasteiger partial charge in [0.05, 0.1) is 11.1 Å². The summed E-state index contributed by atoms with van der Waals surface area (Å²) in [5.41, 5.74) is 11.8. The number of aromatic hydroxyl groups is 2. The predicted molar refractivity (Wildman–Crippen MR) is 171 cm³/mol. The van der Waals surface area contributed by atoms with Crippen molar-refractivity contribution in [3.63, 3.8) is 0 Å². The van der Waals surface area contributed by atoms with Crippen LogP contribution < -0.4 is 21.7 Å². The molecule has 2 atom stereocenters. The van der Waals surface area contributed by atoms with E-state index in [0.717, 1.165) is 62.5 Å². The predicted octanol–water partition coefficient (Wildman–Crippen LogP) is 5.62. The molecular weight excluding hydrogens is 560 g/mol. The molecule has 10 nitrogen and oxygen atoms in total. The van der Waals surface area contributed by atoms with E-state index in [0.29, 0.717) is 25.7 Å². The summed E-state index contributed by atoms with van der Waals surface area (Å²) in [5, 5.41) is 20.4. The van der Waals surface area contributed by atoms with Crippen molar-refractivity contribution in [2.75, 3.05) is 0 Å². The number of hydrazine groups is 2. The number of carbonyl (C=O) groups excluding carboxylic acids is 4. The molecule has 0 heterocycles. The van der Waals surface area contributed by atoms with Crippen molar-refractivity contribution in [2.45, 2.75) is 105 Å². The maximum absolute atomic E-state index is 13.1. The molecule has 44 heavy (non-hydrogen) atoms. The van der Waals surface area contributed by atoms with E-state index in [4.69, 9.17) is 0 Å². The van der Waals surface area contributed by atoms with E-state index in [-0.39, 0.29) is 34.4 Å². The van der Waals surface area contributed by atoms with Crippen molar-refractivity contribution >= 4 is 23.6 Å². The van der Waals surface area contributed by atoms with Gasteiger partial charge in [-0.15, -0.1) is 0 Å². The number of phenols is 2. The van der Waals surface area contributed by atoms with Crippen molar-refractivity contribution in [3.8, 4) is 11.5 Å². The lowest BCUT2D eigenvalue weighted by atomic mass is 9.90. The van der Waals surface area contributed by atoms with Crippen molar-refractivity contribution in [2.24, 2.45) is 11.8 Å². The Morgan fingerprint density at radius 3 is 1.45 bits per heavy atom. The van der Waals surface area contributed by atoms with Gasteiger partial charge in [0.25, 0.3) is 11.8 Å². The molecule has 2 aromatic carbocycles. The molecule has 0 bridgehead atoms. The van der Waals surface area contributed by atoms with E-state index in [1.54, 1.807) is 24.3 Å².